The zero-order valence-electron chi connectivity index (χ0n) is 9.20. The predicted octanol–water partition coefficient (Wildman–Crippen LogP) is 3.27. The van der Waals surface area contributed by atoms with E-state index in [-0.39, 0.29) is 0 Å². The zero-order valence-corrected chi connectivity index (χ0v) is 9.20. The van der Waals surface area contributed by atoms with Gasteiger partial charge in [0.1, 0.15) is 0 Å². The second kappa shape index (κ2) is 4.26. The molecule has 0 unspecified atom stereocenters. The van der Waals surface area contributed by atoms with E-state index in [1.807, 2.05) is 13.3 Å². The summed E-state index contributed by atoms with van der Waals surface area (Å²) in [4.78, 5) is 4.12. The fraction of sp³-hybridized carbons (Fsp3) is 0.214. The summed E-state index contributed by atoms with van der Waals surface area (Å²) in [6.45, 7) is 2.05. The van der Waals surface area contributed by atoms with Crippen LogP contribution in [0.4, 0.5) is 0 Å². The fourth-order valence-corrected chi connectivity index (χ4v) is 2.05. The molecule has 1 heteroatoms. The Morgan fingerprint density at radius 2 is 2.07 bits per heavy atom. The van der Waals surface area contributed by atoms with Crippen molar-refractivity contribution in [3.63, 3.8) is 0 Å². The number of aliphatic imine (C=N–C) groups is 1. The summed E-state index contributed by atoms with van der Waals surface area (Å²) >= 11 is 0. The van der Waals surface area contributed by atoms with Crippen LogP contribution in [-0.4, -0.2) is 13.3 Å². The molecule has 0 bridgehead atoms. The molecule has 0 radical (unpaired) electrons. The standard InChI is InChI=1S/C14H15N/c1-3-6-13-12(10-15-2)9-11-7-4-5-8-14(11)13/h3-8,10H,9H2,1-2H3. The molecule has 1 aliphatic rings. The van der Waals surface area contributed by atoms with E-state index >= 15 is 0 Å². The monoisotopic (exact) mass is 197 g/mol. The van der Waals surface area contributed by atoms with Gasteiger partial charge in [0.2, 0.25) is 0 Å². The Kier molecular flexibility index (Phi) is 2.82. The molecule has 0 saturated carbocycles. The van der Waals surface area contributed by atoms with Crippen LogP contribution >= 0.6 is 0 Å². The summed E-state index contributed by atoms with van der Waals surface area (Å²) < 4.78 is 0. The molecule has 0 fully saturated rings. The Morgan fingerprint density at radius 3 is 2.80 bits per heavy atom. The summed E-state index contributed by atoms with van der Waals surface area (Å²) in [5.41, 5.74) is 5.39. The average molecular weight is 197 g/mol. The first-order chi connectivity index (χ1) is 7.36. The minimum atomic E-state index is 1.01. The lowest BCUT2D eigenvalue weighted by molar-refractivity contribution is 1.27. The second-order valence-electron chi connectivity index (χ2n) is 3.66. The van der Waals surface area contributed by atoms with Crippen molar-refractivity contribution in [3.8, 4) is 0 Å². The van der Waals surface area contributed by atoms with Gasteiger partial charge in [0, 0.05) is 19.7 Å². The Labute approximate surface area is 90.9 Å². The first-order valence-electron chi connectivity index (χ1n) is 5.23. The number of rotatable bonds is 2. The van der Waals surface area contributed by atoms with Crippen molar-refractivity contribution in [2.45, 2.75) is 13.3 Å². The van der Waals surface area contributed by atoms with Crippen molar-refractivity contribution in [2.75, 3.05) is 7.05 Å². The number of nitrogens with zero attached hydrogens (tertiary/aromatic N) is 1. The first-order valence-corrected chi connectivity index (χ1v) is 5.23. The van der Waals surface area contributed by atoms with Gasteiger partial charge in [-0.3, -0.25) is 4.99 Å². The Morgan fingerprint density at radius 1 is 1.27 bits per heavy atom. The molecular weight excluding hydrogens is 182 g/mol. The molecule has 0 atom stereocenters. The molecule has 0 amide bonds. The van der Waals surface area contributed by atoms with Crippen LogP contribution in [0.1, 0.15) is 18.1 Å². The van der Waals surface area contributed by atoms with E-state index in [2.05, 4.69) is 48.3 Å². The fourth-order valence-electron chi connectivity index (χ4n) is 2.05. The van der Waals surface area contributed by atoms with Crippen molar-refractivity contribution in [1.82, 2.24) is 0 Å². The molecule has 1 nitrogen and oxygen atoms in total. The van der Waals surface area contributed by atoms with Gasteiger partial charge in [-0.05, 0) is 29.2 Å². The van der Waals surface area contributed by atoms with Crippen molar-refractivity contribution in [2.24, 2.45) is 4.99 Å². The minimum absolute atomic E-state index is 1.01. The molecule has 1 aliphatic carbocycles. The van der Waals surface area contributed by atoms with Crippen molar-refractivity contribution < 1.29 is 0 Å². The van der Waals surface area contributed by atoms with Crippen LogP contribution in [-0.2, 0) is 6.42 Å². The number of fused-ring (bicyclic) bond motifs is 1. The highest BCUT2D eigenvalue weighted by molar-refractivity contribution is 5.98. The Hall–Kier alpha value is -1.63. The maximum absolute atomic E-state index is 4.12. The van der Waals surface area contributed by atoms with Crippen LogP contribution in [0.25, 0.3) is 5.57 Å². The van der Waals surface area contributed by atoms with Gasteiger partial charge in [-0.2, -0.15) is 0 Å². The van der Waals surface area contributed by atoms with E-state index in [1.165, 1.54) is 22.3 Å². The van der Waals surface area contributed by atoms with E-state index in [4.69, 9.17) is 0 Å². The summed E-state index contributed by atoms with van der Waals surface area (Å²) in [7, 11) is 1.82. The molecule has 0 saturated heterocycles. The van der Waals surface area contributed by atoms with Crippen molar-refractivity contribution >= 4 is 11.8 Å². The average Bonchev–Trinajstić information content (AvgIpc) is 2.59. The van der Waals surface area contributed by atoms with E-state index in [1.54, 1.807) is 0 Å². The van der Waals surface area contributed by atoms with Crippen molar-refractivity contribution in [3.05, 3.63) is 53.1 Å². The summed E-state index contributed by atoms with van der Waals surface area (Å²) in [5, 5.41) is 0. The Balaban J connectivity index is 2.52. The topological polar surface area (TPSA) is 12.4 Å². The van der Waals surface area contributed by atoms with Gasteiger partial charge in [-0.25, -0.2) is 0 Å². The zero-order chi connectivity index (χ0) is 10.7. The lowest BCUT2D eigenvalue weighted by atomic mass is 10.1. The normalized spacial score (nSPS) is 15.6. The van der Waals surface area contributed by atoms with Gasteiger partial charge in [0.25, 0.3) is 0 Å². The van der Waals surface area contributed by atoms with Gasteiger partial charge in [0.15, 0.2) is 0 Å². The van der Waals surface area contributed by atoms with Crippen LogP contribution in [0.3, 0.4) is 0 Å². The molecule has 0 aromatic heterocycles. The SMILES string of the molecule is CC=CC1=C(C=NC)Cc2ccccc21. The van der Waals surface area contributed by atoms with E-state index in [0.29, 0.717) is 0 Å². The highest BCUT2D eigenvalue weighted by atomic mass is 14.6. The third-order valence-electron chi connectivity index (χ3n) is 2.65. The lowest BCUT2D eigenvalue weighted by Crippen LogP contribution is -1.85. The molecule has 2 rings (SSSR count). The predicted molar refractivity (Wildman–Crippen MR) is 66.3 cm³/mol. The quantitative estimate of drug-likeness (QED) is 0.645. The number of hydrogen-bond donors (Lipinski definition) is 0. The molecule has 1 aromatic carbocycles. The van der Waals surface area contributed by atoms with Gasteiger partial charge in [-0.1, -0.05) is 36.4 Å². The maximum Gasteiger partial charge on any atom is 0.0277 e. The number of benzene rings is 1. The van der Waals surface area contributed by atoms with Crippen LogP contribution in [0.15, 0.2) is 47.0 Å². The molecule has 15 heavy (non-hydrogen) atoms. The summed E-state index contributed by atoms with van der Waals surface area (Å²) in [6.07, 6.45) is 7.23. The molecule has 0 heterocycles. The number of hydrogen-bond acceptors (Lipinski definition) is 1. The van der Waals surface area contributed by atoms with Crippen LogP contribution in [0.5, 0.6) is 0 Å². The van der Waals surface area contributed by atoms with Crippen LogP contribution in [0.2, 0.25) is 0 Å². The highest BCUT2D eigenvalue weighted by Crippen LogP contribution is 2.32. The lowest BCUT2D eigenvalue weighted by Gasteiger charge is -1.99. The summed E-state index contributed by atoms with van der Waals surface area (Å²) in [6, 6.07) is 8.56. The van der Waals surface area contributed by atoms with Gasteiger partial charge in [-0.15, -0.1) is 0 Å². The highest BCUT2D eigenvalue weighted by Gasteiger charge is 2.17. The minimum Gasteiger partial charge on any atom is -0.296 e. The molecule has 0 spiro atoms. The molecule has 0 N–H and O–H groups in total. The smallest absolute Gasteiger partial charge is 0.0277 e. The van der Waals surface area contributed by atoms with Gasteiger partial charge in [0.05, 0.1) is 0 Å². The third-order valence-corrected chi connectivity index (χ3v) is 2.65. The van der Waals surface area contributed by atoms with Crippen LogP contribution < -0.4 is 0 Å². The number of allylic oxidation sites excluding steroid dienone is 4. The van der Waals surface area contributed by atoms with E-state index < -0.39 is 0 Å². The molecule has 76 valence electrons. The van der Waals surface area contributed by atoms with Crippen molar-refractivity contribution in [1.29, 1.82) is 0 Å². The molecular formula is C14H15N. The van der Waals surface area contributed by atoms with Crippen LogP contribution in [0, 0.1) is 0 Å². The summed E-state index contributed by atoms with van der Waals surface area (Å²) in [5.74, 6) is 0. The maximum atomic E-state index is 4.12. The third kappa shape index (κ3) is 1.78. The van der Waals surface area contributed by atoms with E-state index in [0.717, 1.165) is 6.42 Å². The second-order valence-corrected chi connectivity index (χ2v) is 3.66. The molecule has 1 aromatic rings. The Bertz CT molecular complexity index is 450. The van der Waals surface area contributed by atoms with Gasteiger partial charge < -0.3 is 0 Å². The first kappa shape index (κ1) is 9.91. The molecule has 0 aliphatic heterocycles. The largest absolute Gasteiger partial charge is 0.296 e. The van der Waals surface area contributed by atoms with Gasteiger partial charge >= 0.3 is 0 Å². The van der Waals surface area contributed by atoms with E-state index in [9.17, 15) is 0 Å².